The minimum Gasteiger partial charge on any atom is -0.376 e. The number of nitro benzene ring substituents is 1. The Morgan fingerprint density at radius 2 is 2.18 bits per heavy atom. The van der Waals surface area contributed by atoms with Crippen LogP contribution in [-0.4, -0.2) is 24.0 Å². The van der Waals surface area contributed by atoms with Gasteiger partial charge in [-0.3, -0.25) is 10.1 Å². The molecule has 2 amide bonds. The molecule has 7 nitrogen and oxygen atoms in total. The molecule has 0 heterocycles. The van der Waals surface area contributed by atoms with Gasteiger partial charge < -0.3 is 16.4 Å². The van der Waals surface area contributed by atoms with Crippen molar-refractivity contribution in [1.29, 1.82) is 0 Å². The summed E-state index contributed by atoms with van der Waals surface area (Å²) in [5.41, 5.74) is 4.98. The van der Waals surface area contributed by atoms with Crippen molar-refractivity contribution in [3.8, 4) is 0 Å². The number of anilines is 1. The summed E-state index contributed by atoms with van der Waals surface area (Å²) in [6.07, 6.45) is 0. The van der Waals surface area contributed by atoms with Crippen molar-refractivity contribution in [2.24, 2.45) is 5.73 Å². The van der Waals surface area contributed by atoms with E-state index >= 15 is 0 Å². The minimum absolute atomic E-state index is 0.114. The van der Waals surface area contributed by atoms with E-state index in [-0.39, 0.29) is 29.5 Å². The van der Waals surface area contributed by atoms with Crippen LogP contribution < -0.4 is 16.4 Å². The van der Waals surface area contributed by atoms with Crippen LogP contribution in [0.5, 0.6) is 0 Å². The Kier molecular flexibility index (Phi) is 4.53. The molecule has 0 unspecified atom stereocenters. The number of nitrogens with two attached hydrogens (primary N) is 1. The van der Waals surface area contributed by atoms with E-state index in [1.165, 1.54) is 12.1 Å². The van der Waals surface area contributed by atoms with Crippen LogP contribution in [0.15, 0.2) is 18.2 Å². The molecule has 0 aliphatic rings. The molecule has 1 aromatic rings. The summed E-state index contributed by atoms with van der Waals surface area (Å²) >= 11 is 5.84. The van der Waals surface area contributed by atoms with Gasteiger partial charge in [-0.2, -0.15) is 0 Å². The van der Waals surface area contributed by atoms with Crippen LogP contribution in [0, 0.1) is 10.1 Å². The van der Waals surface area contributed by atoms with E-state index < -0.39 is 11.0 Å². The first-order chi connectivity index (χ1) is 8.02. The highest BCUT2D eigenvalue weighted by Gasteiger charge is 2.15. The van der Waals surface area contributed by atoms with Crippen LogP contribution >= 0.6 is 11.6 Å². The molecule has 92 valence electrons. The molecule has 0 fully saturated rings. The van der Waals surface area contributed by atoms with E-state index in [0.717, 1.165) is 0 Å². The van der Waals surface area contributed by atoms with Crippen molar-refractivity contribution >= 4 is 29.0 Å². The van der Waals surface area contributed by atoms with Crippen molar-refractivity contribution in [2.75, 3.05) is 18.4 Å². The molecule has 0 saturated heterocycles. The zero-order valence-corrected chi connectivity index (χ0v) is 9.53. The molecule has 0 aromatic heterocycles. The number of nitrogens with zero attached hydrogens (tertiary/aromatic N) is 1. The predicted molar refractivity (Wildman–Crippen MR) is 64.2 cm³/mol. The molecule has 1 aromatic carbocycles. The molecule has 0 aliphatic heterocycles. The van der Waals surface area contributed by atoms with Crippen molar-refractivity contribution in [1.82, 2.24) is 5.32 Å². The Morgan fingerprint density at radius 3 is 2.76 bits per heavy atom. The molecular formula is C9H11ClN4O3. The van der Waals surface area contributed by atoms with E-state index in [0.29, 0.717) is 0 Å². The smallest absolute Gasteiger partial charge is 0.312 e. The number of para-hydroxylation sites is 1. The lowest BCUT2D eigenvalue weighted by molar-refractivity contribution is -0.383. The second kappa shape index (κ2) is 5.90. The zero-order chi connectivity index (χ0) is 12.8. The normalized spacial score (nSPS) is 9.71. The van der Waals surface area contributed by atoms with Gasteiger partial charge in [0.1, 0.15) is 5.69 Å². The zero-order valence-electron chi connectivity index (χ0n) is 8.77. The monoisotopic (exact) mass is 258 g/mol. The van der Waals surface area contributed by atoms with Gasteiger partial charge in [-0.1, -0.05) is 17.7 Å². The number of carbonyl (C=O) groups is 1. The lowest BCUT2D eigenvalue weighted by atomic mass is 10.2. The lowest BCUT2D eigenvalue weighted by Gasteiger charge is -2.08. The number of urea groups is 1. The average molecular weight is 259 g/mol. The fourth-order valence-corrected chi connectivity index (χ4v) is 1.45. The van der Waals surface area contributed by atoms with Crippen molar-refractivity contribution in [3.05, 3.63) is 33.3 Å². The Morgan fingerprint density at radius 1 is 1.47 bits per heavy atom. The molecular weight excluding hydrogens is 248 g/mol. The number of hydrogen-bond acceptors (Lipinski definition) is 4. The number of primary amides is 1. The van der Waals surface area contributed by atoms with E-state index in [9.17, 15) is 14.9 Å². The third kappa shape index (κ3) is 3.80. The number of hydrogen-bond donors (Lipinski definition) is 3. The van der Waals surface area contributed by atoms with Gasteiger partial charge >= 0.3 is 6.03 Å². The second-order valence-electron chi connectivity index (χ2n) is 3.11. The maximum absolute atomic E-state index is 10.7. The highest BCUT2D eigenvalue weighted by atomic mass is 35.5. The van der Waals surface area contributed by atoms with E-state index in [1.54, 1.807) is 6.07 Å². The van der Waals surface area contributed by atoms with Gasteiger partial charge in [-0.25, -0.2) is 4.79 Å². The third-order valence-corrected chi connectivity index (χ3v) is 2.23. The van der Waals surface area contributed by atoms with Crippen LogP contribution in [0.1, 0.15) is 0 Å². The number of nitro groups is 1. The first kappa shape index (κ1) is 13.0. The first-order valence-electron chi connectivity index (χ1n) is 4.72. The quantitative estimate of drug-likeness (QED) is 0.420. The van der Waals surface area contributed by atoms with Gasteiger partial charge in [-0.05, 0) is 6.07 Å². The van der Waals surface area contributed by atoms with Gasteiger partial charge in [-0.15, -0.1) is 0 Å². The van der Waals surface area contributed by atoms with Crippen molar-refractivity contribution in [3.63, 3.8) is 0 Å². The van der Waals surface area contributed by atoms with Gasteiger partial charge in [0.15, 0.2) is 0 Å². The lowest BCUT2D eigenvalue weighted by Crippen LogP contribution is -2.33. The van der Waals surface area contributed by atoms with E-state index in [1.807, 2.05) is 0 Å². The van der Waals surface area contributed by atoms with Gasteiger partial charge in [0.05, 0.1) is 9.95 Å². The Labute approximate surface area is 102 Å². The molecule has 8 heteroatoms. The molecule has 0 bridgehead atoms. The standard InChI is InChI=1S/C9H11ClN4O3/c10-6-2-1-3-7(14(16)17)8(6)12-4-5-13-9(11)15/h1-3,12H,4-5H2,(H3,11,13,15). The number of carbonyl (C=O) groups excluding carboxylic acids is 1. The molecule has 4 N–H and O–H groups in total. The second-order valence-corrected chi connectivity index (χ2v) is 3.52. The van der Waals surface area contributed by atoms with Crippen LogP contribution in [-0.2, 0) is 0 Å². The molecule has 0 radical (unpaired) electrons. The highest BCUT2D eigenvalue weighted by molar-refractivity contribution is 6.33. The van der Waals surface area contributed by atoms with Gasteiger partial charge in [0.25, 0.3) is 5.69 Å². The fourth-order valence-electron chi connectivity index (χ4n) is 1.21. The van der Waals surface area contributed by atoms with E-state index in [4.69, 9.17) is 17.3 Å². The van der Waals surface area contributed by atoms with Crippen LogP contribution in [0.4, 0.5) is 16.2 Å². The van der Waals surface area contributed by atoms with Crippen LogP contribution in [0.25, 0.3) is 0 Å². The Hall–Kier alpha value is -2.02. The Bertz CT molecular complexity index is 438. The summed E-state index contributed by atoms with van der Waals surface area (Å²) in [5.74, 6) is 0. The Balaban J connectivity index is 2.69. The third-order valence-electron chi connectivity index (χ3n) is 1.91. The van der Waals surface area contributed by atoms with Gasteiger partial charge in [0.2, 0.25) is 0 Å². The summed E-state index contributed by atoms with van der Waals surface area (Å²) in [6, 6.07) is 3.72. The summed E-state index contributed by atoms with van der Waals surface area (Å²) in [6.45, 7) is 0.533. The molecule has 0 spiro atoms. The van der Waals surface area contributed by atoms with Crippen molar-refractivity contribution < 1.29 is 9.72 Å². The molecule has 1 rings (SSSR count). The average Bonchev–Trinajstić information content (AvgIpc) is 2.25. The predicted octanol–water partition coefficient (Wildman–Crippen LogP) is 1.33. The summed E-state index contributed by atoms with van der Waals surface area (Å²) in [4.78, 5) is 20.6. The number of benzene rings is 1. The maximum atomic E-state index is 10.7. The molecule has 0 aliphatic carbocycles. The minimum atomic E-state index is -0.652. The maximum Gasteiger partial charge on any atom is 0.312 e. The summed E-state index contributed by atoms with van der Waals surface area (Å²) in [7, 11) is 0. The van der Waals surface area contributed by atoms with Crippen LogP contribution in [0.2, 0.25) is 5.02 Å². The highest BCUT2D eigenvalue weighted by Crippen LogP contribution is 2.31. The number of amides is 2. The van der Waals surface area contributed by atoms with Crippen LogP contribution in [0.3, 0.4) is 0 Å². The summed E-state index contributed by atoms with van der Waals surface area (Å²) < 4.78 is 0. The topological polar surface area (TPSA) is 110 Å². The van der Waals surface area contributed by atoms with Crippen molar-refractivity contribution in [2.45, 2.75) is 0 Å². The summed E-state index contributed by atoms with van der Waals surface area (Å²) in [5, 5.41) is 16.1. The molecule has 0 saturated carbocycles. The fraction of sp³-hybridized carbons (Fsp3) is 0.222. The largest absolute Gasteiger partial charge is 0.376 e. The van der Waals surface area contributed by atoms with Gasteiger partial charge in [0, 0.05) is 19.2 Å². The molecule has 0 atom stereocenters. The molecule has 17 heavy (non-hydrogen) atoms. The first-order valence-corrected chi connectivity index (χ1v) is 5.10. The number of halogens is 1. The van der Waals surface area contributed by atoms with E-state index in [2.05, 4.69) is 10.6 Å². The SMILES string of the molecule is NC(=O)NCCNc1c(Cl)cccc1[N+](=O)[O-]. The number of nitrogens with one attached hydrogen (secondary N) is 2. The number of rotatable bonds is 5.